The number of anilines is 2. The van der Waals surface area contributed by atoms with Crippen LogP contribution in [0.1, 0.15) is 0 Å². The molecule has 0 radical (unpaired) electrons. The molecule has 2 N–H and O–H groups in total. The number of alkyl halides is 2. The van der Waals surface area contributed by atoms with Crippen molar-refractivity contribution in [3.8, 4) is 17.2 Å². The van der Waals surface area contributed by atoms with Crippen molar-refractivity contribution in [2.45, 2.75) is 6.61 Å². The Hall–Kier alpha value is -3.32. The summed E-state index contributed by atoms with van der Waals surface area (Å²) in [6.07, 6.45) is 0. The highest BCUT2D eigenvalue weighted by Gasteiger charge is 2.10. The fraction of sp³-hybridized carbons (Fsp3) is 0.0952. The van der Waals surface area contributed by atoms with Gasteiger partial charge in [0, 0.05) is 11.4 Å². The van der Waals surface area contributed by atoms with E-state index in [1.165, 1.54) is 18.2 Å². The number of nitrogens with one attached hydrogen (secondary N) is 2. The van der Waals surface area contributed by atoms with Gasteiger partial charge < -0.3 is 20.1 Å². The van der Waals surface area contributed by atoms with E-state index in [2.05, 4.69) is 15.4 Å². The molecule has 0 aromatic heterocycles. The number of halogens is 3. The van der Waals surface area contributed by atoms with E-state index in [4.69, 9.17) is 16.3 Å². The number of carbonyl (C=O) groups is 1. The number of hydrogen-bond donors (Lipinski definition) is 2. The Bertz CT molecular complexity index is 954. The number of rotatable bonds is 8. The lowest BCUT2D eigenvalue weighted by Crippen LogP contribution is -2.21. The zero-order valence-corrected chi connectivity index (χ0v) is 15.8. The van der Waals surface area contributed by atoms with Gasteiger partial charge in [-0.25, -0.2) is 0 Å². The maximum Gasteiger partial charge on any atom is 0.387 e. The summed E-state index contributed by atoms with van der Waals surface area (Å²) in [6.45, 7) is -2.99. The summed E-state index contributed by atoms with van der Waals surface area (Å²) < 4.78 is 34.4. The van der Waals surface area contributed by atoms with E-state index in [1.54, 1.807) is 24.3 Å². The predicted octanol–water partition coefficient (Wildman–Crippen LogP) is 5.78. The van der Waals surface area contributed by atoms with Crippen LogP contribution < -0.4 is 20.1 Å². The standard InChI is InChI=1S/C21H17ClF2N2O3/c22-18-12-15(8-11-19(18)29-21(23)24)25-13-20(27)26-14-6-9-17(10-7-14)28-16-4-2-1-3-5-16/h1-12,21,25H,13H2,(H,26,27). The van der Waals surface area contributed by atoms with Crippen molar-refractivity contribution in [1.29, 1.82) is 0 Å². The number of ether oxygens (including phenoxy) is 2. The predicted molar refractivity (Wildman–Crippen MR) is 108 cm³/mol. The lowest BCUT2D eigenvalue weighted by molar-refractivity contribution is -0.114. The quantitative estimate of drug-likeness (QED) is 0.486. The Morgan fingerprint density at radius 2 is 1.59 bits per heavy atom. The van der Waals surface area contributed by atoms with Crippen LogP contribution in [0.15, 0.2) is 72.8 Å². The molecule has 0 fully saturated rings. The SMILES string of the molecule is O=C(CNc1ccc(OC(F)F)c(Cl)c1)Nc1ccc(Oc2ccccc2)cc1. The maximum absolute atomic E-state index is 12.2. The van der Waals surface area contributed by atoms with E-state index in [0.29, 0.717) is 17.1 Å². The first kappa shape index (κ1) is 20.4. The van der Waals surface area contributed by atoms with Gasteiger partial charge in [0.15, 0.2) is 0 Å². The van der Waals surface area contributed by atoms with Crippen LogP contribution in [-0.4, -0.2) is 19.1 Å². The first-order chi connectivity index (χ1) is 14.0. The van der Waals surface area contributed by atoms with Gasteiger partial charge in [-0.1, -0.05) is 29.8 Å². The molecular weight excluding hydrogens is 402 g/mol. The molecule has 0 aliphatic carbocycles. The molecule has 0 saturated carbocycles. The Kier molecular flexibility index (Phi) is 6.86. The highest BCUT2D eigenvalue weighted by atomic mass is 35.5. The van der Waals surface area contributed by atoms with E-state index in [0.717, 1.165) is 5.75 Å². The third-order valence-corrected chi connectivity index (χ3v) is 4.01. The highest BCUT2D eigenvalue weighted by molar-refractivity contribution is 6.32. The Balaban J connectivity index is 1.50. The largest absolute Gasteiger partial charge is 0.457 e. The third-order valence-electron chi connectivity index (χ3n) is 3.72. The lowest BCUT2D eigenvalue weighted by atomic mass is 10.3. The molecule has 1 amide bonds. The second-order valence-electron chi connectivity index (χ2n) is 5.86. The van der Waals surface area contributed by atoms with Crippen LogP contribution in [0.25, 0.3) is 0 Å². The number of amides is 1. The average Bonchev–Trinajstić information content (AvgIpc) is 2.70. The molecule has 150 valence electrons. The summed E-state index contributed by atoms with van der Waals surface area (Å²) in [4.78, 5) is 12.1. The topological polar surface area (TPSA) is 59.6 Å². The summed E-state index contributed by atoms with van der Waals surface area (Å²) in [5.74, 6) is 0.949. The molecule has 0 spiro atoms. The Morgan fingerprint density at radius 3 is 2.24 bits per heavy atom. The molecular formula is C21H17ClF2N2O3. The summed E-state index contributed by atoms with van der Waals surface area (Å²) in [6, 6.07) is 20.5. The molecule has 0 bridgehead atoms. The number of carbonyl (C=O) groups excluding carboxylic acids is 1. The molecule has 0 heterocycles. The van der Waals surface area contributed by atoms with E-state index >= 15 is 0 Å². The van der Waals surface area contributed by atoms with E-state index in [1.807, 2.05) is 30.3 Å². The number of para-hydroxylation sites is 1. The number of benzene rings is 3. The van der Waals surface area contributed by atoms with Gasteiger partial charge in [0.05, 0.1) is 11.6 Å². The van der Waals surface area contributed by atoms with Crippen LogP contribution in [0.3, 0.4) is 0 Å². The Labute approximate surface area is 171 Å². The molecule has 29 heavy (non-hydrogen) atoms. The van der Waals surface area contributed by atoms with E-state index in [9.17, 15) is 13.6 Å². The minimum atomic E-state index is -2.96. The monoisotopic (exact) mass is 418 g/mol. The van der Waals surface area contributed by atoms with Crippen LogP contribution in [0, 0.1) is 0 Å². The molecule has 8 heteroatoms. The molecule has 0 aliphatic rings. The lowest BCUT2D eigenvalue weighted by Gasteiger charge is -2.11. The van der Waals surface area contributed by atoms with Crippen molar-refractivity contribution < 1.29 is 23.0 Å². The van der Waals surface area contributed by atoms with Gasteiger partial charge in [0.1, 0.15) is 17.2 Å². The summed E-state index contributed by atoms with van der Waals surface area (Å²) in [5.41, 5.74) is 1.11. The first-order valence-corrected chi connectivity index (χ1v) is 8.98. The van der Waals surface area contributed by atoms with Crippen molar-refractivity contribution >= 4 is 28.9 Å². The van der Waals surface area contributed by atoms with Crippen LogP contribution >= 0.6 is 11.6 Å². The zero-order chi connectivity index (χ0) is 20.6. The second kappa shape index (κ2) is 9.75. The molecule has 3 aromatic rings. The van der Waals surface area contributed by atoms with Crippen molar-refractivity contribution in [2.24, 2.45) is 0 Å². The molecule has 0 saturated heterocycles. The fourth-order valence-corrected chi connectivity index (χ4v) is 2.65. The van der Waals surface area contributed by atoms with Crippen molar-refractivity contribution in [2.75, 3.05) is 17.2 Å². The fourth-order valence-electron chi connectivity index (χ4n) is 2.42. The zero-order valence-electron chi connectivity index (χ0n) is 15.1. The van der Waals surface area contributed by atoms with E-state index in [-0.39, 0.29) is 23.2 Å². The van der Waals surface area contributed by atoms with Crippen LogP contribution in [-0.2, 0) is 4.79 Å². The van der Waals surface area contributed by atoms with Crippen molar-refractivity contribution in [3.63, 3.8) is 0 Å². The average molecular weight is 419 g/mol. The van der Waals surface area contributed by atoms with Crippen LogP contribution in [0.2, 0.25) is 5.02 Å². The summed E-state index contributed by atoms with van der Waals surface area (Å²) in [7, 11) is 0. The van der Waals surface area contributed by atoms with Crippen LogP contribution in [0.5, 0.6) is 17.2 Å². The molecule has 3 aromatic carbocycles. The van der Waals surface area contributed by atoms with Gasteiger partial charge in [-0.05, 0) is 54.6 Å². The molecule has 0 unspecified atom stereocenters. The van der Waals surface area contributed by atoms with Gasteiger partial charge in [-0.15, -0.1) is 0 Å². The van der Waals surface area contributed by atoms with Gasteiger partial charge in [0.2, 0.25) is 5.91 Å². The first-order valence-electron chi connectivity index (χ1n) is 8.60. The van der Waals surface area contributed by atoms with Gasteiger partial charge >= 0.3 is 6.61 Å². The molecule has 0 aliphatic heterocycles. The van der Waals surface area contributed by atoms with Gasteiger partial charge in [0.25, 0.3) is 0 Å². The molecule has 0 atom stereocenters. The van der Waals surface area contributed by atoms with Gasteiger partial charge in [-0.2, -0.15) is 8.78 Å². The third kappa shape index (κ3) is 6.36. The van der Waals surface area contributed by atoms with Crippen molar-refractivity contribution in [1.82, 2.24) is 0 Å². The van der Waals surface area contributed by atoms with Gasteiger partial charge in [-0.3, -0.25) is 4.79 Å². The van der Waals surface area contributed by atoms with Crippen molar-refractivity contribution in [3.05, 3.63) is 77.8 Å². The van der Waals surface area contributed by atoms with Crippen LogP contribution in [0.4, 0.5) is 20.2 Å². The smallest absolute Gasteiger partial charge is 0.387 e. The molecule has 5 nitrogen and oxygen atoms in total. The maximum atomic E-state index is 12.2. The summed E-state index contributed by atoms with van der Waals surface area (Å²) in [5, 5.41) is 5.63. The minimum Gasteiger partial charge on any atom is -0.457 e. The molecule has 3 rings (SSSR count). The second-order valence-corrected chi connectivity index (χ2v) is 6.27. The minimum absolute atomic E-state index is 0.0183. The number of hydrogen-bond acceptors (Lipinski definition) is 4. The highest BCUT2D eigenvalue weighted by Crippen LogP contribution is 2.29. The summed E-state index contributed by atoms with van der Waals surface area (Å²) >= 11 is 5.88. The Morgan fingerprint density at radius 1 is 0.931 bits per heavy atom. The normalized spacial score (nSPS) is 10.5. The van der Waals surface area contributed by atoms with E-state index < -0.39 is 6.61 Å².